The number of carbonyl (C=O) groups is 1. The molecule has 0 unspecified atom stereocenters. The Morgan fingerprint density at radius 3 is 2.38 bits per heavy atom. The molecule has 1 aliphatic rings. The van der Waals surface area contributed by atoms with E-state index in [2.05, 4.69) is 0 Å². The van der Waals surface area contributed by atoms with Crippen molar-refractivity contribution < 1.29 is 13.2 Å². The lowest BCUT2D eigenvalue weighted by molar-refractivity contribution is -0.130. The smallest absolute Gasteiger partial charge is 0.281 e. The van der Waals surface area contributed by atoms with Crippen LogP contribution in [0.15, 0.2) is 29.2 Å². The molecule has 134 valence electrons. The lowest BCUT2D eigenvalue weighted by Gasteiger charge is -2.24. The second-order valence-corrected chi connectivity index (χ2v) is 8.97. The number of nitrogens with zero attached hydrogens (tertiary/aromatic N) is 3. The minimum Gasteiger partial charge on any atom is -0.341 e. The molecule has 0 spiro atoms. The molecule has 0 aliphatic carbocycles. The topological polar surface area (TPSA) is 60.9 Å². The van der Waals surface area contributed by atoms with Gasteiger partial charge in [0.25, 0.3) is 10.2 Å². The van der Waals surface area contributed by atoms with Crippen LogP contribution in [0.25, 0.3) is 0 Å². The second-order valence-electron chi connectivity index (χ2n) is 5.95. The van der Waals surface area contributed by atoms with Gasteiger partial charge < -0.3 is 4.90 Å². The van der Waals surface area contributed by atoms with Crippen molar-refractivity contribution in [2.45, 2.75) is 17.7 Å². The van der Waals surface area contributed by atoms with E-state index in [4.69, 9.17) is 0 Å². The van der Waals surface area contributed by atoms with Gasteiger partial charge >= 0.3 is 0 Å². The quantitative estimate of drug-likeness (QED) is 0.732. The van der Waals surface area contributed by atoms with Crippen LogP contribution >= 0.6 is 11.8 Å². The Balaban J connectivity index is 1.96. The maximum absolute atomic E-state index is 12.5. The fraction of sp³-hybridized carbons (Fsp3) is 0.562. The van der Waals surface area contributed by atoms with Gasteiger partial charge in [0.1, 0.15) is 0 Å². The van der Waals surface area contributed by atoms with Crippen LogP contribution in [-0.2, 0) is 21.4 Å². The lowest BCUT2D eigenvalue weighted by atomic mass is 10.1. The first-order valence-electron chi connectivity index (χ1n) is 7.93. The number of amides is 1. The van der Waals surface area contributed by atoms with Gasteiger partial charge in [-0.1, -0.05) is 12.1 Å². The molecule has 1 amide bonds. The summed E-state index contributed by atoms with van der Waals surface area (Å²) in [6, 6.07) is 7.98. The summed E-state index contributed by atoms with van der Waals surface area (Å²) in [7, 11) is -0.354. The maximum Gasteiger partial charge on any atom is 0.281 e. The molecule has 0 aromatic heterocycles. The Morgan fingerprint density at radius 2 is 1.79 bits per heavy atom. The molecule has 6 nitrogen and oxygen atoms in total. The zero-order valence-electron chi connectivity index (χ0n) is 14.4. The standard InChI is InChI=1S/C16H25N3O3S2/c1-17(2)24(21,22)19-10-4-9-18(11-12-19)16(20)13-14-5-7-15(23-3)8-6-14/h5-8H,4,9-13H2,1-3H3. The third-order valence-electron chi connectivity index (χ3n) is 4.11. The van der Waals surface area contributed by atoms with Gasteiger partial charge in [0, 0.05) is 45.2 Å². The van der Waals surface area contributed by atoms with E-state index in [1.807, 2.05) is 30.5 Å². The normalized spacial score (nSPS) is 17.1. The average molecular weight is 372 g/mol. The fourth-order valence-corrected chi connectivity index (χ4v) is 4.18. The Morgan fingerprint density at radius 1 is 1.12 bits per heavy atom. The fourth-order valence-electron chi connectivity index (χ4n) is 2.63. The minimum absolute atomic E-state index is 0.0519. The van der Waals surface area contributed by atoms with Gasteiger partial charge in [-0.15, -0.1) is 11.8 Å². The molecule has 0 N–H and O–H groups in total. The zero-order valence-corrected chi connectivity index (χ0v) is 16.1. The van der Waals surface area contributed by atoms with Crippen molar-refractivity contribution in [2.75, 3.05) is 46.5 Å². The van der Waals surface area contributed by atoms with Gasteiger partial charge in [-0.25, -0.2) is 0 Å². The number of hydrogen-bond donors (Lipinski definition) is 0. The van der Waals surface area contributed by atoms with Gasteiger partial charge in [0.05, 0.1) is 6.42 Å². The van der Waals surface area contributed by atoms with Crippen LogP contribution < -0.4 is 0 Å². The molecule has 1 aromatic carbocycles. The van der Waals surface area contributed by atoms with E-state index in [9.17, 15) is 13.2 Å². The Labute approximate surface area is 149 Å². The number of thioether (sulfide) groups is 1. The highest BCUT2D eigenvalue weighted by Gasteiger charge is 2.28. The molecule has 1 aromatic rings. The van der Waals surface area contributed by atoms with Crippen molar-refractivity contribution >= 4 is 27.9 Å². The number of hydrogen-bond acceptors (Lipinski definition) is 4. The third-order valence-corrected chi connectivity index (χ3v) is 6.79. The Hall–Kier alpha value is -1.09. The highest BCUT2D eigenvalue weighted by molar-refractivity contribution is 7.98. The predicted molar refractivity (Wildman–Crippen MR) is 97.3 cm³/mol. The minimum atomic E-state index is -3.41. The molecule has 24 heavy (non-hydrogen) atoms. The number of rotatable bonds is 5. The first-order valence-corrected chi connectivity index (χ1v) is 10.5. The molecule has 0 atom stereocenters. The summed E-state index contributed by atoms with van der Waals surface area (Å²) in [5.74, 6) is 0.0519. The van der Waals surface area contributed by atoms with Gasteiger partial charge in [0.15, 0.2) is 0 Å². The molecular formula is C16H25N3O3S2. The SMILES string of the molecule is CSc1ccc(CC(=O)N2CCCN(S(=O)(=O)N(C)C)CC2)cc1. The van der Waals surface area contributed by atoms with Gasteiger partial charge in [0.2, 0.25) is 5.91 Å². The number of benzene rings is 1. The highest BCUT2D eigenvalue weighted by atomic mass is 32.2. The van der Waals surface area contributed by atoms with Gasteiger partial charge in [-0.05, 0) is 30.4 Å². The van der Waals surface area contributed by atoms with Crippen LogP contribution in [0.4, 0.5) is 0 Å². The maximum atomic E-state index is 12.5. The van der Waals surface area contributed by atoms with Crippen LogP contribution in [0, 0.1) is 0 Å². The van der Waals surface area contributed by atoms with Crippen LogP contribution in [0.1, 0.15) is 12.0 Å². The van der Waals surface area contributed by atoms with Gasteiger partial charge in [-0.3, -0.25) is 4.79 Å². The van der Waals surface area contributed by atoms with Crippen LogP contribution in [0.3, 0.4) is 0 Å². The molecule has 2 rings (SSSR count). The van der Waals surface area contributed by atoms with Crippen molar-refractivity contribution in [1.82, 2.24) is 13.5 Å². The van der Waals surface area contributed by atoms with Gasteiger partial charge in [-0.2, -0.15) is 17.0 Å². The van der Waals surface area contributed by atoms with Crippen LogP contribution in [0.2, 0.25) is 0 Å². The summed E-state index contributed by atoms with van der Waals surface area (Å²) in [5.41, 5.74) is 0.986. The molecule has 1 heterocycles. The summed E-state index contributed by atoms with van der Waals surface area (Å²) >= 11 is 1.67. The van der Waals surface area contributed by atoms with Crippen molar-refractivity contribution in [1.29, 1.82) is 0 Å². The summed E-state index contributed by atoms with van der Waals surface area (Å²) < 4.78 is 27.1. The summed E-state index contributed by atoms with van der Waals surface area (Å²) in [6.45, 7) is 1.83. The van der Waals surface area contributed by atoms with E-state index < -0.39 is 10.2 Å². The van der Waals surface area contributed by atoms with Crippen LogP contribution in [-0.4, -0.2) is 74.4 Å². The first-order chi connectivity index (χ1) is 11.3. The molecular weight excluding hydrogens is 346 g/mol. The van der Waals surface area contributed by atoms with Crippen molar-refractivity contribution in [3.8, 4) is 0 Å². The van der Waals surface area contributed by atoms with E-state index in [0.29, 0.717) is 39.0 Å². The van der Waals surface area contributed by atoms with E-state index in [-0.39, 0.29) is 5.91 Å². The van der Waals surface area contributed by atoms with E-state index in [0.717, 1.165) is 5.56 Å². The molecule has 0 bridgehead atoms. The van der Waals surface area contributed by atoms with E-state index in [1.54, 1.807) is 16.7 Å². The Bertz CT molecular complexity index is 660. The monoisotopic (exact) mass is 371 g/mol. The van der Waals surface area contributed by atoms with E-state index >= 15 is 0 Å². The second kappa shape index (κ2) is 8.33. The lowest BCUT2D eigenvalue weighted by Crippen LogP contribution is -2.42. The first kappa shape index (κ1) is 19.2. The summed E-state index contributed by atoms with van der Waals surface area (Å²) in [5, 5.41) is 0. The molecule has 0 saturated carbocycles. The van der Waals surface area contributed by atoms with Crippen LogP contribution in [0.5, 0.6) is 0 Å². The summed E-state index contributed by atoms with van der Waals surface area (Å²) in [4.78, 5) is 15.5. The molecule has 1 aliphatic heterocycles. The third kappa shape index (κ3) is 4.72. The Kier molecular flexibility index (Phi) is 6.68. The zero-order chi connectivity index (χ0) is 17.7. The average Bonchev–Trinajstić information content (AvgIpc) is 2.82. The molecule has 1 fully saturated rings. The van der Waals surface area contributed by atoms with Crippen molar-refractivity contribution in [3.05, 3.63) is 29.8 Å². The molecule has 1 saturated heterocycles. The molecule has 0 radical (unpaired) electrons. The largest absolute Gasteiger partial charge is 0.341 e. The predicted octanol–water partition coefficient (Wildman–Crippen LogP) is 1.29. The number of carbonyl (C=O) groups excluding carboxylic acids is 1. The molecule has 8 heteroatoms. The van der Waals surface area contributed by atoms with Crippen molar-refractivity contribution in [3.63, 3.8) is 0 Å². The van der Waals surface area contributed by atoms with E-state index in [1.165, 1.54) is 27.6 Å². The van der Waals surface area contributed by atoms with Crippen molar-refractivity contribution in [2.24, 2.45) is 0 Å². The summed E-state index contributed by atoms with van der Waals surface area (Å²) in [6.07, 6.45) is 3.03. The highest BCUT2D eigenvalue weighted by Crippen LogP contribution is 2.16.